The fourth-order valence-electron chi connectivity index (χ4n) is 2.42. The standard InChI is InChI=1S/C14H29N5O4/c1-13(2,16)12(14(3,4)17)18-6-8(7-20)19-10(21)5-9(15)11(22)23/h7-9,12,18H,5-6,15-17H2,1-4H3,(H,19,21)(H,22,23). The largest absolute Gasteiger partial charge is 0.480 e. The first-order valence-electron chi connectivity index (χ1n) is 7.33. The predicted octanol–water partition coefficient (Wildman–Crippen LogP) is -2.10. The van der Waals surface area contributed by atoms with Crippen LogP contribution >= 0.6 is 0 Å². The number of carboxylic acids is 1. The summed E-state index contributed by atoms with van der Waals surface area (Å²) in [6.07, 6.45) is 0.148. The molecule has 0 aliphatic heterocycles. The highest BCUT2D eigenvalue weighted by molar-refractivity contribution is 5.85. The van der Waals surface area contributed by atoms with Crippen molar-refractivity contribution in [2.75, 3.05) is 6.54 Å². The smallest absolute Gasteiger partial charge is 0.321 e. The quantitative estimate of drug-likeness (QED) is 0.247. The van der Waals surface area contributed by atoms with Crippen LogP contribution in [0.5, 0.6) is 0 Å². The van der Waals surface area contributed by atoms with Gasteiger partial charge in [0.15, 0.2) is 0 Å². The molecule has 2 unspecified atom stereocenters. The Morgan fingerprint density at radius 2 is 1.65 bits per heavy atom. The second kappa shape index (κ2) is 8.34. The summed E-state index contributed by atoms with van der Waals surface area (Å²) >= 11 is 0. The molecule has 0 saturated heterocycles. The lowest BCUT2D eigenvalue weighted by atomic mass is 9.82. The van der Waals surface area contributed by atoms with E-state index >= 15 is 0 Å². The van der Waals surface area contributed by atoms with Gasteiger partial charge in [0.2, 0.25) is 5.91 Å². The minimum atomic E-state index is -1.31. The fraction of sp³-hybridized carbons (Fsp3) is 0.786. The van der Waals surface area contributed by atoms with Crippen molar-refractivity contribution in [1.82, 2.24) is 10.6 Å². The summed E-state index contributed by atoms with van der Waals surface area (Å²) in [6, 6.07) is -2.47. The van der Waals surface area contributed by atoms with Gasteiger partial charge in [-0.2, -0.15) is 0 Å². The molecule has 23 heavy (non-hydrogen) atoms. The zero-order valence-electron chi connectivity index (χ0n) is 14.1. The molecule has 9 nitrogen and oxygen atoms in total. The Hall–Kier alpha value is -1.55. The van der Waals surface area contributed by atoms with Crippen LogP contribution in [-0.2, 0) is 14.4 Å². The SMILES string of the molecule is CC(C)(N)C(NCC(C=O)NC(=O)CC(N)C(=O)O)C(C)(C)N. The molecule has 0 rings (SSSR count). The first kappa shape index (κ1) is 21.4. The van der Waals surface area contributed by atoms with Gasteiger partial charge in [0.1, 0.15) is 12.3 Å². The number of nitrogens with two attached hydrogens (primary N) is 3. The molecule has 0 aromatic carbocycles. The Balaban J connectivity index is 4.68. The van der Waals surface area contributed by atoms with Gasteiger partial charge in [-0.05, 0) is 27.7 Å². The zero-order valence-corrected chi connectivity index (χ0v) is 14.1. The van der Waals surface area contributed by atoms with Crippen LogP contribution < -0.4 is 27.8 Å². The number of hydrogen-bond acceptors (Lipinski definition) is 7. The molecule has 0 aromatic heterocycles. The van der Waals surface area contributed by atoms with Crippen LogP contribution in [-0.4, -0.2) is 59.0 Å². The van der Waals surface area contributed by atoms with E-state index in [0.717, 1.165) is 0 Å². The normalized spacial score (nSPS) is 15.1. The number of carboxylic acid groups (broad SMARTS) is 1. The molecule has 1 amide bonds. The number of aldehydes is 1. The van der Waals surface area contributed by atoms with E-state index < -0.39 is 41.5 Å². The van der Waals surface area contributed by atoms with Crippen LogP contribution in [0.4, 0.5) is 0 Å². The Morgan fingerprint density at radius 1 is 1.17 bits per heavy atom. The van der Waals surface area contributed by atoms with E-state index in [0.29, 0.717) is 6.29 Å². The lowest BCUT2D eigenvalue weighted by Gasteiger charge is -2.41. The van der Waals surface area contributed by atoms with E-state index in [1.807, 2.05) is 0 Å². The van der Waals surface area contributed by atoms with E-state index in [-0.39, 0.29) is 12.6 Å². The lowest BCUT2D eigenvalue weighted by molar-refractivity contribution is -0.140. The van der Waals surface area contributed by atoms with Crippen LogP contribution in [0.1, 0.15) is 34.1 Å². The van der Waals surface area contributed by atoms with Crippen molar-refractivity contribution in [2.45, 2.75) is 63.3 Å². The molecule has 134 valence electrons. The molecule has 0 bridgehead atoms. The summed E-state index contributed by atoms with van der Waals surface area (Å²) in [4.78, 5) is 33.4. The highest BCUT2D eigenvalue weighted by Crippen LogP contribution is 2.16. The Morgan fingerprint density at radius 3 is 2.00 bits per heavy atom. The predicted molar refractivity (Wildman–Crippen MR) is 86.5 cm³/mol. The van der Waals surface area contributed by atoms with Gasteiger partial charge in [-0.15, -0.1) is 0 Å². The Kier molecular flexibility index (Phi) is 7.78. The summed E-state index contributed by atoms with van der Waals surface area (Å²) in [5.41, 5.74) is 16.2. The molecule has 0 aromatic rings. The number of aliphatic carboxylic acids is 1. The van der Waals surface area contributed by atoms with Crippen LogP contribution in [0, 0.1) is 0 Å². The minimum Gasteiger partial charge on any atom is -0.480 e. The van der Waals surface area contributed by atoms with E-state index in [1.54, 1.807) is 27.7 Å². The average Bonchev–Trinajstić information content (AvgIpc) is 2.33. The van der Waals surface area contributed by atoms with E-state index in [1.165, 1.54) is 0 Å². The van der Waals surface area contributed by atoms with Crippen molar-refractivity contribution in [3.63, 3.8) is 0 Å². The zero-order chi connectivity index (χ0) is 18.4. The molecule has 0 saturated carbocycles. The summed E-state index contributed by atoms with van der Waals surface area (Å²) < 4.78 is 0. The minimum absolute atomic E-state index is 0.115. The van der Waals surface area contributed by atoms with Gasteiger partial charge in [-0.25, -0.2) is 0 Å². The van der Waals surface area contributed by atoms with Crippen molar-refractivity contribution < 1.29 is 19.5 Å². The second-order valence-corrected chi connectivity index (χ2v) is 6.94. The molecule has 0 aliphatic rings. The van der Waals surface area contributed by atoms with Crippen molar-refractivity contribution in [1.29, 1.82) is 0 Å². The first-order valence-corrected chi connectivity index (χ1v) is 7.33. The van der Waals surface area contributed by atoms with Crippen LogP contribution in [0.3, 0.4) is 0 Å². The van der Waals surface area contributed by atoms with Gasteiger partial charge >= 0.3 is 5.97 Å². The monoisotopic (exact) mass is 331 g/mol. The van der Waals surface area contributed by atoms with Gasteiger partial charge in [-0.3, -0.25) is 9.59 Å². The highest BCUT2D eigenvalue weighted by Gasteiger charge is 2.36. The average molecular weight is 331 g/mol. The number of amides is 1. The summed E-state index contributed by atoms with van der Waals surface area (Å²) in [5.74, 6) is -1.90. The van der Waals surface area contributed by atoms with Gasteiger partial charge in [0, 0.05) is 23.7 Å². The Bertz CT molecular complexity index is 414. The number of rotatable bonds is 10. The number of carbonyl (C=O) groups excluding carboxylic acids is 2. The van der Waals surface area contributed by atoms with Gasteiger partial charge in [-0.1, -0.05) is 0 Å². The maximum absolute atomic E-state index is 11.7. The van der Waals surface area contributed by atoms with Crippen molar-refractivity contribution in [2.24, 2.45) is 17.2 Å². The molecule has 9 N–H and O–H groups in total. The summed E-state index contributed by atoms with van der Waals surface area (Å²) in [7, 11) is 0. The third-order valence-corrected chi connectivity index (χ3v) is 3.26. The van der Waals surface area contributed by atoms with Crippen LogP contribution in [0.25, 0.3) is 0 Å². The molecular weight excluding hydrogens is 302 g/mol. The second-order valence-electron chi connectivity index (χ2n) is 6.94. The molecule has 0 heterocycles. The molecule has 0 fully saturated rings. The number of carbonyl (C=O) groups is 3. The fourth-order valence-corrected chi connectivity index (χ4v) is 2.42. The maximum Gasteiger partial charge on any atom is 0.321 e. The number of nitrogens with one attached hydrogen (secondary N) is 2. The van der Waals surface area contributed by atoms with Crippen LogP contribution in [0.15, 0.2) is 0 Å². The summed E-state index contributed by atoms with van der Waals surface area (Å²) in [6.45, 7) is 7.34. The first-order chi connectivity index (χ1) is 10.3. The highest BCUT2D eigenvalue weighted by atomic mass is 16.4. The molecule has 0 radical (unpaired) electrons. The maximum atomic E-state index is 11.7. The van der Waals surface area contributed by atoms with Crippen molar-refractivity contribution >= 4 is 18.2 Å². The third kappa shape index (κ3) is 8.03. The van der Waals surface area contributed by atoms with Crippen LogP contribution in [0.2, 0.25) is 0 Å². The molecule has 2 atom stereocenters. The van der Waals surface area contributed by atoms with E-state index in [4.69, 9.17) is 22.3 Å². The van der Waals surface area contributed by atoms with E-state index in [2.05, 4.69) is 10.6 Å². The molecule has 0 spiro atoms. The molecule has 0 aliphatic carbocycles. The third-order valence-electron chi connectivity index (χ3n) is 3.26. The van der Waals surface area contributed by atoms with Gasteiger partial charge in [0.05, 0.1) is 12.5 Å². The van der Waals surface area contributed by atoms with Gasteiger partial charge < -0.3 is 37.7 Å². The lowest BCUT2D eigenvalue weighted by Crippen LogP contribution is -2.67. The molecule has 9 heteroatoms. The van der Waals surface area contributed by atoms with E-state index in [9.17, 15) is 14.4 Å². The topological polar surface area (TPSA) is 174 Å². The van der Waals surface area contributed by atoms with Gasteiger partial charge in [0.25, 0.3) is 0 Å². The Labute approximate surface area is 136 Å². The van der Waals surface area contributed by atoms with Crippen molar-refractivity contribution in [3.8, 4) is 0 Å². The summed E-state index contributed by atoms with van der Waals surface area (Å²) in [5, 5.41) is 14.2. The number of hydrogen-bond donors (Lipinski definition) is 6. The molecular formula is C14H29N5O4. The van der Waals surface area contributed by atoms with Crippen molar-refractivity contribution in [3.05, 3.63) is 0 Å².